The van der Waals surface area contributed by atoms with Crippen LogP contribution in [0.1, 0.15) is 10.4 Å². The minimum atomic E-state index is -1.71. The van der Waals surface area contributed by atoms with Crippen molar-refractivity contribution in [2.75, 3.05) is 27.2 Å². The number of benzene rings is 1. The van der Waals surface area contributed by atoms with Gasteiger partial charge in [0.05, 0.1) is 5.56 Å². The highest BCUT2D eigenvalue weighted by Gasteiger charge is 2.24. The van der Waals surface area contributed by atoms with Crippen LogP contribution in [0.2, 0.25) is 0 Å². The lowest BCUT2D eigenvalue weighted by Crippen LogP contribution is -2.33. The van der Waals surface area contributed by atoms with Gasteiger partial charge in [0.2, 0.25) is 5.82 Å². The number of likely N-dealkylation sites (N-methyl/N-ethyl adjacent to an activating group) is 2. The van der Waals surface area contributed by atoms with Crippen LogP contribution in [0, 0.1) is 17.5 Å². The van der Waals surface area contributed by atoms with Gasteiger partial charge in [-0.15, -0.1) is 12.4 Å². The molecule has 0 fully saturated rings. The van der Waals surface area contributed by atoms with Crippen LogP contribution in [-0.4, -0.2) is 43.1 Å². The van der Waals surface area contributed by atoms with Crippen molar-refractivity contribution in [1.29, 1.82) is 0 Å². The number of aromatic hydroxyl groups is 1. The van der Waals surface area contributed by atoms with Gasteiger partial charge in [0.15, 0.2) is 17.4 Å². The number of hydrogen-bond donors (Lipinski definition) is 2. The number of halogens is 4. The van der Waals surface area contributed by atoms with E-state index in [4.69, 9.17) is 5.11 Å². The largest absolute Gasteiger partial charge is 0.503 e. The minimum absolute atomic E-state index is 0. The molecule has 0 radical (unpaired) electrons. The van der Waals surface area contributed by atoms with Crippen molar-refractivity contribution < 1.29 is 23.1 Å². The van der Waals surface area contributed by atoms with Crippen LogP contribution in [0.15, 0.2) is 6.07 Å². The molecule has 1 aromatic carbocycles. The Balaban J connectivity index is 0.00000324. The van der Waals surface area contributed by atoms with E-state index >= 15 is 0 Å². The third kappa shape index (κ3) is 3.74. The molecule has 0 heterocycles. The molecule has 1 aromatic rings. The van der Waals surface area contributed by atoms with Gasteiger partial charge in [-0.25, -0.2) is 8.78 Å². The summed E-state index contributed by atoms with van der Waals surface area (Å²) >= 11 is 0. The fourth-order valence-corrected chi connectivity index (χ4v) is 1.33. The molecule has 2 N–H and O–H groups in total. The van der Waals surface area contributed by atoms with Gasteiger partial charge < -0.3 is 15.3 Å². The molecule has 1 rings (SSSR count). The van der Waals surface area contributed by atoms with Gasteiger partial charge in [0, 0.05) is 20.1 Å². The molecule has 0 aliphatic carbocycles. The van der Waals surface area contributed by atoms with E-state index in [0.29, 0.717) is 12.6 Å². The summed E-state index contributed by atoms with van der Waals surface area (Å²) in [5.41, 5.74) is -0.704. The normalized spacial score (nSPS) is 9.95. The Morgan fingerprint density at radius 3 is 2.47 bits per heavy atom. The summed E-state index contributed by atoms with van der Waals surface area (Å²) in [6.45, 7) is 0.716. The number of amides is 1. The predicted octanol–water partition coefficient (Wildman–Crippen LogP) is 1.52. The van der Waals surface area contributed by atoms with Crippen molar-refractivity contribution in [3.05, 3.63) is 29.1 Å². The fourth-order valence-electron chi connectivity index (χ4n) is 1.33. The number of nitrogens with zero attached hydrogens (tertiary/aromatic N) is 1. The topological polar surface area (TPSA) is 52.6 Å². The van der Waals surface area contributed by atoms with Crippen molar-refractivity contribution in [2.45, 2.75) is 0 Å². The third-order valence-corrected chi connectivity index (χ3v) is 2.41. The number of nitrogens with one attached hydrogen (secondary N) is 1. The quantitative estimate of drug-likeness (QED) is 0.829. The number of phenolic OH excluding ortho intramolecular Hbond substituents is 1. The van der Waals surface area contributed by atoms with E-state index < -0.39 is 34.7 Å². The molecule has 0 bridgehead atoms. The van der Waals surface area contributed by atoms with E-state index in [-0.39, 0.29) is 19.0 Å². The molecule has 0 unspecified atom stereocenters. The summed E-state index contributed by atoms with van der Waals surface area (Å²) in [6, 6.07) is 0.433. The fraction of sp³-hybridized carbons (Fsp3) is 0.364. The molecule has 1 amide bonds. The Kier molecular flexibility index (Phi) is 6.64. The highest BCUT2D eigenvalue weighted by atomic mass is 35.5. The monoisotopic (exact) mass is 298 g/mol. The first-order valence-corrected chi connectivity index (χ1v) is 5.16. The number of phenols is 1. The Labute approximate surface area is 114 Å². The van der Waals surface area contributed by atoms with Crippen LogP contribution in [0.3, 0.4) is 0 Å². The van der Waals surface area contributed by atoms with Crippen molar-refractivity contribution in [3.8, 4) is 5.75 Å². The van der Waals surface area contributed by atoms with Gasteiger partial charge >= 0.3 is 0 Å². The van der Waals surface area contributed by atoms with Gasteiger partial charge in [0.1, 0.15) is 0 Å². The maximum absolute atomic E-state index is 13.5. The third-order valence-electron chi connectivity index (χ3n) is 2.41. The standard InChI is InChI=1S/C11H13F3N2O2.ClH/c1-15-3-4-16(2)11(18)6-5-7(12)9(14)10(17)8(6)13;/h5,15,17H,3-4H2,1-2H3;1H. The zero-order valence-electron chi connectivity index (χ0n) is 10.3. The summed E-state index contributed by atoms with van der Waals surface area (Å²) in [5.74, 6) is -6.96. The Morgan fingerprint density at radius 2 is 1.95 bits per heavy atom. The second-order valence-electron chi connectivity index (χ2n) is 3.71. The number of carbonyl (C=O) groups excluding carboxylic acids is 1. The molecule has 0 spiro atoms. The van der Waals surface area contributed by atoms with E-state index in [9.17, 15) is 18.0 Å². The average molecular weight is 299 g/mol. The van der Waals surface area contributed by atoms with Gasteiger partial charge in [-0.3, -0.25) is 4.79 Å². The summed E-state index contributed by atoms with van der Waals surface area (Å²) in [7, 11) is 3.06. The molecule has 0 aliphatic rings. The lowest BCUT2D eigenvalue weighted by molar-refractivity contribution is 0.0790. The van der Waals surface area contributed by atoms with E-state index in [1.807, 2.05) is 0 Å². The Bertz CT molecular complexity index is 472. The van der Waals surface area contributed by atoms with Gasteiger partial charge in [-0.2, -0.15) is 4.39 Å². The predicted molar refractivity (Wildman–Crippen MR) is 66.1 cm³/mol. The summed E-state index contributed by atoms with van der Waals surface area (Å²) in [5, 5.41) is 11.8. The van der Waals surface area contributed by atoms with Crippen molar-refractivity contribution in [3.63, 3.8) is 0 Å². The van der Waals surface area contributed by atoms with Crippen LogP contribution in [-0.2, 0) is 0 Å². The van der Waals surface area contributed by atoms with E-state index in [2.05, 4.69) is 5.32 Å². The zero-order chi connectivity index (χ0) is 13.9. The second-order valence-corrected chi connectivity index (χ2v) is 3.71. The Morgan fingerprint density at radius 1 is 1.37 bits per heavy atom. The lowest BCUT2D eigenvalue weighted by Gasteiger charge is -2.17. The van der Waals surface area contributed by atoms with E-state index in [0.717, 1.165) is 4.90 Å². The molecule has 0 aromatic heterocycles. The van der Waals surface area contributed by atoms with Crippen LogP contribution < -0.4 is 5.32 Å². The highest BCUT2D eigenvalue weighted by Crippen LogP contribution is 2.26. The first-order chi connectivity index (χ1) is 8.40. The van der Waals surface area contributed by atoms with Crippen LogP contribution in [0.5, 0.6) is 5.75 Å². The Hall–Kier alpha value is -1.47. The molecule has 0 atom stereocenters. The van der Waals surface area contributed by atoms with Gasteiger partial charge in [0.25, 0.3) is 5.91 Å². The van der Waals surface area contributed by atoms with Crippen molar-refractivity contribution in [1.82, 2.24) is 10.2 Å². The van der Waals surface area contributed by atoms with Crippen LogP contribution >= 0.6 is 12.4 Å². The van der Waals surface area contributed by atoms with Gasteiger partial charge in [-0.05, 0) is 13.1 Å². The first-order valence-electron chi connectivity index (χ1n) is 5.16. The lowest BCUT2D eigenvalue weighted by atomic mass is 10.1. The molecule has 19 heavy (non-hydrogen) atoms. The molecule has 108 valence electrons. The smallest absolute Gasteiger partial charge is 0.256 e. The average Bonchev–Trinajstić information content (AvgIpc) is 2.36. The van der Waals surface area contributed by atoms with E-state index in [1.165, 1.54) is 7.05 Å². The van der Waals surface area contributed by atoms with Crippen LogP contribution in [0.4, 0.5) is 13.2 Å². The first kappa shape index (κ1) is 17.5. The SMILES string of the molecule is CNCCN(C)C(=O)c1cc(F)c(F)c(O)c1F.Cl. The molecule has 0 saturated carbocycles. The second kappa shape index (κ2) is 7.20. The maximum atomic E-state index is 13.5. The van der Waals surface area contributed by atoms with Crippen LogP contribution in [0.25, 0.3) is 0 Å². The van der Waals surface area contributed by atoms with Gasteiger partial charge in [-0.1, -0.05) is 0 Å². The molecule has 0 saturated heterocycles. The zero-order valence-corrected chi connectivity index (χ0v) is 11.2. The number of rotatable bonds is 4. The number of hydrogen-bond acceptors (Lipinski definition) is 3. The molecular formula is C11H14ClF3N2O2. The molecule has 4 nitrogen and oxygen atoms in total. The van der Waals surface area contributed by atoms with Crippen molar-refractivity contribution in [2.24, 2.45) is 0 Å². The van der Waals surface area contributed by atoms with Crippen molar-refractivity contribution >= 4 is 18.3 Å². The minimum Gasteiger partial charge on any atom is -0.503 e. The summed E-state index contributed by atoms with van der Waals surface area (Å²) in [4.78, 5) is 12.9. The number of carbonyl (C=O) groups is 1. The molecule has 8 heteroatoms. The van der Waals surface area contributed by atoms with E-state index in [1.54, 1.807) is 7.05 Å². The maximum Gasteiger partial charge on any atom is 0.256 e. The molecule has 0 aliphatic heterocycles. The summed E-state index contributed by atoms with van der Waals surface area (Å²) < 4.78 is 39.3. The summed E-state index contributed by atoms with van der Waals surface area (Å²) in [6.07, 6.45) is 0. The highest BCUT2D eigenvalue weighted by molar-refractivity contribution is 5.94. The molecular weight excluding hydrogens is 285 g/mol.